The number of thioether (sulfide) groups is 1. The summed E-state index contributed by atoms with van der Waals surface area (Å²) >= 11 is 8.51. The maximum absolute atomic E-state index is 11.8. The molecule has 108 valence electrons. The first kappa shape index (κ1) is 14.1. The molecule has 2 aromatic heterocycles. The lowest BCUT2D eigenvalue weighted by atomic mass is 10.2. The summed E-state index contributed by atoms with van der Waals surface area (Å²) in [4.78, 5) is 11.8. The Kier molecular flexibility index (Phi) is 4.39. The second kappa shape index (κ2) is 6.25. The third-order valence-corrected chi connectivity index (χ3v) is 4.95. The average molecular weight is 334 g/mol. The van der Waals surface area contributed by atoms with E-state index in [1.54, 1.807) is 4.57 Å². The van der Waals surface area contributed by atoms with Crippen molar-refractivity contribution in [1.29, 1.82) is 0 Å². The molecule has 20 heavy (non-hydrogen) atoms. The molecular formula is C10H12ClN5O2S2. The Bertz CT molecular complexity index is 634. The van der Waals surface area contributed by atoms with Crippen LogP contribution in [0.25, 0.3) is 0 Å². The highest BCUT2D eigenvalue weighted by atomic mass is 35.5. The fourth-order valence-electron chi connectivity index (χ4n) is 1.98. The molecule has 7 nitrogen and oxygen atoms in total. The van der Waals surface area contributed by atoms with Crippen molar-refractivity contribution in [1.82, 2.24) is 24.4 Å². The fourth-order valence-corrected chi connectivity index (χ4v) is 3.67. The third-order valence-electron chi connectivity index (χ3n) is 2.98. The van der Waals surface area contributed by atoms with Gasteiger partial charge in [-0.3, -0.25) is 4.57 Å². The Morgan fingerprint density at radius 3 is 3.20 bits per heavy atom. The highest BCUT2D eigenvalue weighted by molar-refractivity contribution is 7.98. The highest BCUT2D eigenvalue weighted by Gasteiger charge is 2.20. The summed E-state index contributed by atoms with van der Waals surface area (Å²) in [6.07, 6.45) is 2.11. The Labute approximate surface area is 127 Å². The second-order valence-corrected chi connectivity index (χ2v) is 6.64. The van der Waals surface area contributed by atoms with Crippen LogP contribution in [0.3, 0.4) is 0 Å². The van der Waals surface area contributed by atoms with Gasteiger partial charge in [-0.25, -0.2) is 9.89 Å². The normalized spacial score (nSPS) is 18.8. The number of nitrogens with one attached hydrogen (secondary N) is 1. The number of hydrogen-bond acceptors (Lipinski definition) is 7. The maximum atomic E-state index is 11.8. The van der Waals surface area contributed by atoms with E-state index < -0.39 is 0 Å². The number of rotatable bonds is 5. The molecule has 1 aliphatic heterocycles. The number of nitrogens with zero attached hydrogens (tertiary/aromatic N) is 4. The zero-order valence-electron chi connectivity index (χ0n) is 10.4. The van der Waals surface area contributed by atoms with Crippen LogP contribution in [0.5, 0.6) is 0 Å². The lowest BCUT2D eigenvalue weighted by molar-refractivity contribution is 0.0941. The molecule has 3 rings (SSSR count). The SMILES string of the molecule is O=c1[nH]nc(SCc2nnsc2Cl)n1CC1CCCO1. The first-order chi connectivity index (χ1) is 9.74. The molecule has 0 bridgehead atoms. The summed E-state index contributed by atoms with van der Waals surface area (Å²) in [7, 11) is 0. The summed E-state index contributed by atoms with van der Waals surface area (Å²) < 4.78 is 11.5. The smallest absolute Gasteiger partial charge is 0.344 e. The van der Waals surface area contributed by atoms with Gasteiger partial charge in [-0.2, -0.15) is 0 Å². The van der Waals surface area contributed by atoms with Gasteiger partial charge in [0.2, 0.25) is 0 Å². The largest absolute Gasteiger partial charge is 0.376 e. The van der Waals surface area contributed by atoms with Crippen molar-refractivity contribution in [2.75, 3.05) is 6.61 Å². The van der Waals surface area contributed by atoms with Crippen LogP contribution in [0.1, 0.15) is 18.5 Å². The molecule has 1 saturated heterocycles. The van der Waals surface area contributed by atoms with Crippen molar-refractivity contribution in [2.24, 2.45) is 0 Å². The van der Waals surface area contributed by atoms with Crippen molar-refractivity contribution in [3.8, 4) is 0 Å². The Morgan fingerprint density at radius 1 is 1.60 bits per heavy atom. The number of H-pyrrole nitrogens is 1. The Balaban J connectivity index is 1.70. The second-order valence-electron chi connectivity index (χ2n) is 4.34. The minimum absolute atomic E-state index is 0.0918. The van der Waals surface area contributed by atoms with E-state index in [0.29, 0.717) is 27.5 Å². The predicted octanol–water partition coefficient (Wildman–Crippen LogP) is 1.55. The molecule has 1 unspecified atom stereocenters. The van der Waals surface area contributed by atoms with E-state index in [1.165, 1.54) is 11.8 Å². The molecule has 0 aromatic carbocycles. The van der Waals surface area contributed by atoms with Crippen molar-refractivity contribution < 1.29 is 4.74 Å². The van der Waals surface area contributed by atoms with Crippen LogP contribution in [0, 0.1) is 0 Å². The van der Waals surface area contributed by atoms with Gasteiger partial charge in [0.15, 0.2) is 5.16 Å². The minimum Gasteiger partial charge on any atom is -0.376 e. The molecule has 1 atom stereocenters. The van der Waals surface area contributed by atoms with Gasteiger partial charge in [0.25, 0.3) is 0 Å². The van der Waals surface area contributed by atoms with E-state index in [0.717, 1.165) is 31.0 Å². The topological polar surface area (TPSA) is 85.7 Å². The maximum Gasteiger partial charge on any atom is 0.344 e. The van der Waals surface area contributed by atoms with Gasteiger partial charge in [-0.15, -0.1) is 10.2 Å². The summed E-state index contributed by atoms with van der Waals surface area (Å²) in [6, 6.07) is 0. The predicted molar refractivity (Wildman–Crippen MR) is 76.3 cm³/mol. The van der Waals surface area contributed by atoms with E-state index in [2.05, 4.69) is 19.8 Å². The summed E-state index contributed by atoms with van der Waals surface area (Å²) in [6.45, 7) is 1.29. The van der Waals surface area contributed by atoms with Crippen molar-refractivity contribution in [2.45, 2.75) is 36.4 Å². The minimum atomic E-state index is -0.217. The number of aromatic amines is 1. The number of halogens is 1. The summed E-state index contributed by atoms with van der Waals surface area (Å²) in [5, 5.41) is 11.1. The lowest BCUT2D eigenvalue weighted by Gasteiger charge is -2.10. The van der Waals surface area contributed by atoms with E-state index in [4.69, 9.17) is 16.3 Å². The van der Waals surface area contributed by atoms with E-state index in [-0.39, 0.29) is 11.8 Å². The van der Waals surface area contributed by atoms with Gasteiger partial charge < -0.3 is 4.74 Å². The molecule has 0 spiro atoms. The number of ether oxygens (including phenoxy) is 1. The van der Waals surface area contributed by atoms with Gasteiger partial charge in [0.1, 0.15) is 10.0 Å². The molecule has 3 heterocycles. The van der Waals surface area contributed by atoms with E-state index in [1.807, 2.05) is 0 Å². The van der Waals surface area contributed by atoms with Gasteiger partial charge in [0, 0.05) is 23.9 Å². The third kappa shape index (κ3) is 3.05. The molecule has 10 heteroatoms. The van der Waals surface area contributed by atoms with Crippen LogP contribution in [0.4, 0.5) is 0 Å². The van der Waals surface area contributed by atoms with Crippen LogP contribution < -0.4 is 5.69 Å². The molecule has 1 fully saturated rings. The molecule has 0 saturated carbocycles. The molecule has 2 aromatic rings. The van der Waals surface area contributed by atoms with Crippen LogP contribution in [0.15, 0.2) is 9.95 Å². The first-order valence-electron chi connectivity index (χ1n) is 6.10. The molecular weight excluding hydrogens is 322 g/mol. The lowest BCUT2D eigenvalue weighted by Crippen LogP contribution is -2.24. The zero-order chi connectivity index (χ0) is 13.9. The van der Waals surface area contributed by atoms with Crippen molar-refractivity contribution >= 4 is 34.9 Å². The van der Waals surface area contributed by atoms with Gasteiger partial charge in [-0.1, -0.05) is 27.9 Å². The number of hydrogen-bond donors (Lipinski definition) is 1. The Hall–Kier alpha value is -0.900. The molecule has 1 aliphatic rings. The molecule has 1 N–H and O–H groups in total. The van der Waals surface area contributed by atoms with Crippen LogP contribution in [-0.4, -0.2) is 37.1 Å². The van der Waals surface area contributed by atoms with Gasteiger partial charge in [-0.05, 0) is 12.8 Å². The van der Waals surface area contributed by atoms with Crippen LogP contribution >= 0.6 is 34.9 Å². The highest BCUT2D eigenvalue weighted by Crippen LogP contribution is 2.25. The summed E-state index contributed by atoms with van der Waals surface area (Å²) in [5.74, 6) is 0.533. The fraction of sp³-hybridized carbons (Fsp3) is 0.600. The van der Waals surface area contributed by atoms with Crippen LogP contribution in [-0.2, 0) is 17.0 Å². The summed E-state index contributed by atoms with van der Waals surface area (Å²) in [5.41, 5.74) is 0.492. The van der Waals surface area contributed by atoms with Gasteiger partial charge >= 0.3 is 5.69 Å². The monoisotopic (exact) mass is 333 g/mol. The quantitative estimate of drug-likeness (QED) is 0.835. The molecule has 0 radical (unpaired) electrons. The molecule has 0 aliphatic carbocycles. The van der Waals surface area contributed by atoms with Gasteiger partial charge in [0.05, 0.1) is 12.6 Å². The number of aromatic nitrogens is 5. The van der Waals surface area contributed by atoms with Crippen LogP contribution in [0.2, 0.25) is 4.34 Å². The Morgan fingerprint density at radius 2 is 2.50 bits per heavy atom. The standard InChI is InChI=1S/C10H12ClN5O2S2/c11-8-7(12-15-20-8)5-19-10-14-13-9(17)16(10)4-6-2-1-3-18-6/h6H,1-5H2,(H,13,17). The van der Waals surface area contributed by atoms with Crippen molar-refractivity contribution in [3.05, 3.63) is 20.5 Å². The molecule has 0 amide bonds. The average Bonchev–Trinajstić information content (AvgIpc) is 3.14. The van der Waals surface area contributed by atoms with E-state index >= 15 is 0 Å². The van der Waals surface area contributed by atoms with E-state index in [9.17, 15) is 4.79 Å². The van der Waals surface area contributed by atoms with Crippen molar-refractivity contribution in [3.63, 3.8) is 0 Å². The first-order valence-corrected chi connectivity index (χ1v) is 8.24. The zero-order valence-corrected chi connectivity index (χ0v) is 12.8.